The molecule has 106 valence electrons. The van der Waals surface area contributed by atoms with Crippen LogP contribution in [0.3, 0.4) is 0 Å². The summed E-state index contributed by atoms with van der Waals surface area (Å²) in [4.78, 5) is 4.66. The highest BCUT2D eigenvalue weighted by Crippen LogP contribution is 2.24. The summed E-state index contributed by atoms with van der Waals surface area (Å²) in [6.07, 6.45) is 0. The number of rotatable bonds is 3. The second-order valence-electron chi connectivity index (χ2n) is 6.00. The van der Waals surface area contributed by atoms with E-state index in [0.29, 0.717) is 12.0 Å². The van der Waals surface area contributed by atoms with Crippen LogP contribution in [0.15, 0.2) is 24.3 Å². The third-order valence-corrected chi connectivity index (χ3v) is 4.32. The molecule has 0 aromatic heterocycles. The Bertz CT molecular complexity index is 402. The van der Waals surface area contributed by atoms with Crippen molar-refractivity contribution < 1.29 is 5.11 Å². The molecule has 1 N–H and O–H groups in total. The molecule has 0 bridgehead atoms. The maximum absolute atomic E-state index is 9.49. The van der Waals surface area contributed by atoms with Gasteiger partial charge in [0, 0.05) is 24.8 Å². The van der Waals surface area contributed by atoms with E-state index in [1.807, 2.05) is 0 Å². The second-order valence-corrected chi connectivity index (χ2v) is 6.00. The molecule has 1 saturated heterocycles. The minimum atomic E-state index is 0.224. The summed E-state index contributed by atoms with van der Waals surface area (Å²) in [6, 6.07) is 9.56. The zero-order valence-electron chi connectivity index (χ0n) is 12.5. The quantitative estimate of drug-likeness (QED) is 0.905. The van der Waals surface area contributed by atoms with Crippen molar-refractivity contribution >= 4 is 5.69 Å². The van der Waals surface area contributed by atoms with Crippen molar-refractivity contribution in [1.82, 2.24) is 4.90 Å². The van der Waals surface area contributed by atoms with E-state index in [0.717, 1.165) is 13.1 Å². The molecule has 3 heteroatoms. The SMILES string of the molecule is CC(C)c1ccc(N2CC(C)N(C)C(CO)C2)cc1. The van der Waals surface area contributed by atoms with Crippen LogP contribution < -0.4 is 4.90 Å². The zero-order valence-corrected chi connectivity index (χ0v) is 12.5. The Balaban J connectivity index is 2.13. The number of likely N-dealkylation sites (N-methyl/N-ethyl adjacent to an activating group) is 1. The lowest BCUT2D eigenvalue weighted by atomic mass is 10.0. The van der Waals surface area contributed by atoms with Crippen LogP contribution in [0, 0.1) is 0 Å². The predicted octanol–water partition coefficient (Wildman–Crippen LogP) is 2.31. The molecule has 1 aliphatic rings. The van der Waals surface area contributed by atoms with Crippen LogP contribution in [0.4, 0.5) is 5.69 Å². The second kappa shape index (κ2) is 5.93. The van der Waals surface area contributed by atoms with E-state index < -0.39 is 0 Å². The molecule has 19 heavy (non-hydrogen) atoms. The van der Waals surface area contributed by atoms with Crippen molar-refractivity contribution in [3.05, 3.63) is 29.8 Å². The molecule has 1 fully saturated rings. The predicted molar refractivity (Wildman–Crippen MR) is 80.8 cm³/mol. The van der Waals surface area contributed by atoms with Crippen LogP contribution in [-0.4, -0.2) is 48.8 Å². The molecule has 0 amide bonds. The van der Waals surface area contributed by atoms with Gasteiger partial charge in [-0.1, -0.05) is 26.0 Å². The van der Waals surface area contributed by atoms with Crippen molar-refractivity contribution in [2.24, 2.45) is 0 Å². The molecular formula is C16H26N2O. The van der Waals surface area contributed by atoms with E-state index in [2.05, 4.69) is 61.9 Å². The first-order valence-corrected chi connectivity index (χ1v) is 7.20. The van der Waals surface area contributed by atoms with Gasteiger partial charge in [-0.15, -0.1) is 0 Å². The molecule has 0 saturated carbocycles. The van der Waals surface area contributed by atoms with Crippen molar-refractivity contribution in [2.45, 2.75) is 38.8 Å². The topological polar surface area (TPSA) is 26.7 Å². The van der Waals surface area contributed by atoms with Gasteiger partial charge in [-0.2, -0.15) is 0 Å². The third-order valence-electron chi connectivity index (χ3n) is 4.32. The normalized spacial score (nSPS) is 25.1. The minimum Gasteiger partial charge on any atom is -0.395 e. The summed E-state index contributed by atoms with van der Waals surface area (Å²) in [5.41, 5.74) is 2.65. The molecule has 3 nitrogen and oxygen atoms in total. The summed E-state index contributed by atoms with van der Waals surface area (Å²) in [6.45, 7) is 8.80. The Morgan fingerprint density at radius 2 is 1.84 bits per heavy atom. The van der Waals surface area contributed by atoms with Gasteiger partial charge in [0.2, 0.25) is 0 Å². The number of nitrogens with zero attached hydrogens (tertiary/aromatic N) is 2. The number of anilines is 1. The molecule has 0 spiro atoms. The Hall–Kier alpha value is -1.06. The van der Waals surface area contributed by atoms with Crippen molar-refractivity contribution in [3.8, 4) is 0 Å². The van der Waals surface area contributed by atoms with Gasteiger partial charge < -0.3 is 10.0 Å². The first-order chi connectivity index (χ1) is 9.02. The highest BCUT2D eigenvalue weighted by atomic mass is 16.3. The van der Waals surface area contributed by atoms with Gasteiger partial charge in [0.05, 0.1) is 12.6 Å². The Labute approximate surface area is 116 Å². The van der Waals surface area contributed by atoms with E-state index in [1.54, 1.807) is 0 Å². The summed E-state index contributed by atoms with van der Waals surface area (Å²) < 4.78 is 0. The Kier molecular flexibility index (Phi) is 4.48. The van der Waals surface area contributed by atoms with Gasteiger partial charge in [-0.05, 0) is 37.6 Å². The lowest BCUT2D eigenvalue weighted by Gasteiger charge is -2.44. The first-order valence-electron chi connectivity index (χ1n) is 7.20. The zero-order chi connectivity index (χ0) is 14.0. The molecule has 0 radical (unpaired) electrons. The summed E-state index contributed by atoms with van der Waals surface area (Å²) in [5.74, 6) is 0.575. The van der Waals surface area contributed by atoms with Crippen LogP contribution in [0.5, 0.6) is 0 Å². The number of hydrogen-bond donors (Lipinski definition) is 1. The highest BCUT2D eigenvalue weighted by molar-refractivity contribution is 5.49. The van der Waals surface area contributed by atoms with E-state index in [9.17, 15) is 5.11 Å². The highest BCUT2D eigenvalue weighted by Gasteiger charge is 2.28. The van der Waals surface area contributed by atoms with E-state index >= 15 is 0 Å². The number of hydrogen-bond acceptors (Lipinski definition) is 3. The smallest absolute Gasteiger partial charge is 0.0604 e. The lowest BCUT2D eigenvalue weighted by Crippen LogP contribution is -2.57. The van der Waals surface area contributed by atoms with Crippen LogP contribution >= 0.6 is 0 Å². The maximum atomic E-state index is 9.49. The van der Waals surface area contributed by atoms with Crippen molar-refractivity contribution in [3.63, 3.8) is 0 Å². The van der Waals surface area contributed by atoms with Crippen LogP contribution in [0.25, 0.3) is 0 Å². The molecule has 2 unspecified atom stereocenters. The lowest BCUT2D eigenvalue weighted by molar-refractivity contribution is 0.0996. The first kappa shape index (κ1) is 14.4. The van der Waals surface area contributed by atoms with Gasteiger partial charge in [-0.25, -0.2) is 0 Å². The number of aliphatic hydroxyl groups is 1. The standard InChI is InChI=1S/C16H26N2O/c1-12(2)14-5-7-15(8-6-14)18-9-13(3)17(4)16(10-18)11-19/h5-8,12-13,16,19H,9-11H2,1-4H3. The van der Waals surface area contributed by atoms with Gasteiger partial charge in [0.1, 0.15) is 0 Å². The van der Waals surface area contributed by atoms with Crippen LogP contribution in [0.1, 0.15) is 32.3 Å². The van der Waals surface area contributed by atoms with E-state index in [-0.39, 0.29) is 12.6 Å². The molecular weight excluding hydrogens is 236 g/mol. The number of benzene rings is 1. The fourth-order valence-electron chi connectivity index (χ4n) is 2.73. The average molecular weight is 262 g/mol. The maximum Gasteiger partial charge on any atom is 0.0604 e. The van der Waals surface area contributed by atoms with Crippen LogP contribution in [0.2, 0.25) is 0 Å². The summed E-state index contributed by atoms with van der Waals surface area (Å²) in [7, 11) is 2.10. The monoisotopic (exact) mass is 262 g/mol. The third kappa shape index (κ3) is 3.10. The van der Waals surface area contributed by atoms with E-state index in [1.165, 1.54) is 11.3 Å². The van der Waals surface area contributed by atoms with E-state index in [4.69, 9.17) is 0 Å². The molecule has 0 aliphatic carbocycles. The summed E-state index contributed by atoms with van der Waals surface area (Å²) in [5, 5.41) is 9.49. The van der Waals surface area contributed by atoms with Crippen molar-refractivity contribution in [1.29, 1.82) is 0 Å². The van der Waals surface area contributed by atoms with Crippen molar-refractivity contribution in [2.75, 3.05) is 31.6 Å². The average Bonchev–Trinajstić information content (AvgIpc) is 2.41. The molecule has 2 rings (SSSR count). The largest absolute Gasteiger partial charge is 0.395 e. The van der Waals surface area contributed by atoms with Gasteiger partial charge >= 0.3 is 0 Å². The van der Waals surface area contributed by atoms with Gasteiger partial charge in [0.25, 0.3) is 0 Å². The van der Waals surface area contributed by atoms with Gasteiger partial charge in [-0.3, -0.25) is 4.90 Å². The fraction of sp³-hybridized carbons (Fsp3) is 0.625. The fourth-order valence-corrected chi connectivity index (χ4v) is 2.73. The minimum absolute atomic E-state index is 0.224. The molecule has 1 heterocycles. The Morgan fingerprint density at radius 3 is 2.37 bits per heavy atom. The molecule has 1 aromatic rings. The van der Waals surface area contributed by atoms with Gasteiger partial charge in [0.15, 0.2) is 0 Å². The Morgan fingerprint density at radius 1 is 1.21 bits per heavy atom. The molecule has 1 aliphatic heterocycles. The summed E-state index contributed by atoms with van der Waals surface area (Å²) >= 11 is 0. The molecule has 2 atom stereocenters. The number of aliphatic hydroxyl groups excluding tert-OH is 1. The molecule has 1 aromatic carbocycles. The number of piperazine rings is 1. The van der Waals surface area contributed by atoms with Crippen LogP contribution in [-0.2, 0) is 0 Å².